The van der Waals surface area contributed by atoms with Gasteiger partial charge in [-0.2, -0.15) is 0 Å². The van der Waals surface area contributed by atoms with Crippen LogP contribution in [0.3, 0.4) is 0 Å². The minimum Gasteiger partial charge on any atom is -0.338 e. The number of aromatic nitrogens is 1. The van der Waals surface area contributed by atoms with Gasteiger partial charge in [-0.1, -0.05) is 29.5 Å². The molecule has 1 aromatic carbocycles. The normalized spacial score (nSPS) is 17.0. The van der Waals surface area contributed by atoms with Gasteiger partial charge < -0.3 is 10.2 Å². The molecule has 0 bridgehead atoms. The molecule has 0 radical (unpaired) electrons. The number of urea groups is 1. The van der Waals surface area contributed by atoms with Gasteiger partial charge >= 0.3 is 6.03 Å². The van der Waals surface area contributed by atoms with E-state index in [1.54, 1.807) is 11.8 Å². The number of thioether (sulfide) groups is 1. The van der Waals surface area contributed by atoms with E-state index in [0.717, 1.165) is 39.2 Å². The number of likely N-dealkylation sites (tertiary alicyclic amines) is 1. The third-order valence-corrected chi connectivity index (χ3v) is 9.01. The number of piperidine rings is 1. The number of pyridine rings is 1. The van der Waals surface area contributed by atoms with Gasteiger partial charge in [0.15, 0.2) is 5.78 Å². The van der Waals surface area contributed by atoms with Crippen molar-refractivity contribution < 1.29 is 14.4 Å². The van der Waals surface area contributed by atoms with E-state index in [9.17, 15) is 14.4 Å². The number of thiophene rings is 1. The number of hydrogen-bond donors (Lipinski definition) is 2. The van der Waals surface area contributed by atoms with Gasteiger partial charge in [0.25, 0.3) is 5.91 Å². The standard InChI is InChI=1S/C25H26N4O3S2/c1-3-26-24(32)28-22-20(17-9-8-15(2)27-21(17)33-22)23(31)29-12-10-25(11-13-29)14-18(30)16-6-4-5-7-19(16)34-25/h4-9H,3,10-14H2,1-2H3,(H2,26,28,32). The first-order valence-corrected chi connectivity index (χ1v) is 13.1. The van der Waals surface area contributed by atoms with Crippen molar-refractivity contribution in [1.82, 2.24) is 15.2 Å². The highest BCUT2D eigenvalue weighted by Gasteiger charge is 2.43. The van der Waals surface area contributed by atoms with E-state index in [-0.39, 0.29) is 22.5 Å². The minimum atomic E-state index is -0.340. The Balaban J connectivity index is 1.39. The van der Waals surface area contributed by atoms with Crippen LogP contribution in [0.15, 0.2) is 41.3 Å². The van der Waals surface area contributed by atoms with E-state index in [0.29, 0.717) is 36.6 Å². The number of fused-ring (bicyclic) bond motifs is 2. The van der Waals surface area contributed by atoms with E-state index in [2.05, 4.69) is 15.6 Å². The molecule has 2 aromatic heterocycles. The molecule has 1 saturated heterocycles. The lowest BCUT2D eigenvalue weighted by molar-refractivity contribution is 0.0699. The van der Waals surface area contributed by atoms with Gasteiger partial charge in [-0.25, -0.2) is 9.78 Å². The summed E-state index contributed by atoms with van der Waals surface area (Å²) in [6, 6.07) is 11.2. The number of nitrogens with one attached hydrogen (secondary N) is 2. The highest BCUT2D eigenvalue weighted by atomic mass is 32.2. The predicted octanol–water partition coefficient (Wildman–Crippen LogP) is 5.10. The smallest absolute Gasteiger partial charge is 0.319 e. The van der Waals surface area contributed by atoms with Crippen LogP contribution in [0.1, 0.15) is 52.6 Å². The Hall–Kier alpha value is -2.91. The summed E-state index contributed by atoms with van der Waals surface area (Å²) in [4.78, 5) is 46.9. The number of carbonyl (C=O) groups excluding carboxylic acids is 3. The van der Waals surface area contributed by atoms with Crippen molar-refractivity contribution in [2.24, 2.45) is 0 Å². The molecule has 5 rings (SSSR count). The quantitative estimate of drug-likeness (QED) is 0.529. The molecule has 1 spiro atoms. The number of amides is 3. The van der Waals surface area contributed by atoms with Gasteiger partial charge in [0, 0.05) is 52.3 Å². The fourth-order valence-corrected chi connectivity index (χ4v) is 7.28. The van der Waals surface area contributed by atoms with Crippen molar-refractivity contribution in [3.8, 4) is 0 Å². The van der Waals surface area contributed by atoms with Crippen molar-refractivity contribution in [1.29, 1.82) is 0 Å². The summed E-state index contributed by atoms with van der Waals surface area (Å²) in [5, 5.41) is 6.84. The van der Waals surface area contributed by atoms with Crippen LogP contribution in [0.4, 0.5) is 9.80 Å². The number of aryl methyl sites for hydroxylation is 1. The number of anilines is 1. The number of nitrogens with zero attached hydrogens (tertiary/aromatic N) is 2. The SMILES string of the molecule is CCNC(=O)Nc1sc2nc(C)ccc2c1C(=O)N1CCC2(CC1)CC(=O)c1ccccc1S2. The fraction of sp³-hybridized carbons (Fsp3) is 0.360. The molecule has 34 heavy (non-hydrogen) atoms. The number of ketones is 1. The second-order valence-corrected chi connectivity index (χ2v) is 11.3. The summed E-state index contributed by atoms with van der Waals surface area (Å²) >= 11 is 3.10. The number of carbonyl (C=O) groups is 3. The fourth-order valence-electron chi connectivity index (χ4n) is 4.68. The summed E-state index contributed by atoms with van der Waals surface area (Å²) in [6.45, 7) is 5.38. The summed E-state index contributed by atoms with van der Waals surface area (Å²) in [6.07, 6.45) is 2.01. The van der Waals surface area contributed by atoms with E-state index < -0.39 is 0 Å². The largest absolute Gasteiger partial charge is 0.338 e. The van der Waals surface area contributed by atoms with E-state index in [1.807, 2.05) is 55.1 Å². The maximum Gasteiger partial charge on any atom is 0.319 e. The molecular weight excluding hydrogens is 468 g/mol. The molecule has 0 saturated carbocycles. The molecule has 3 aromatic rings. The monoisotopic (exact) mass is 494 g/mol. The van der Waals surface area contributed by atoms with Gasteiger partial charge in [-0.15, -0.1) is 11.8 Å². The predicted molar refractivity (Wildman–Crippen MR) is 136 cm³/mol. The minimum absolute atomic E-state index is 0.105. The molecule has 4 heterocycles. The molecule has 0 unspecified atom stereocenters. The number of rotatable bonds is 3. The van der Waals surface area contributed by atoms with Crippen molar-refractivity contribution in [3.05, 3.63) is 53.2 Å². The summed E-state index contributed by atoms with van der Waals surface area (Å²) in [5.74, 6) is 0.0823. The first kappa shape index (κ1) is 22.9. The Bertz CT molecular complexity index is 1290. The van der Waals surface area contributed by atoms with Gasteiger partial charge in [0.05, 0.1) is 5.56 Å². The molecular formula is C25H26N4O3S2. The van der Waals surface area contributed by atoms with Gasteiger partial charge in [-0.05, 0) is 44.9 Å². The summed E-state index contributed by atoms with van der Waals surface area (Å²) in [7, 11) is 0. The topological polar surface area (TPSA) is 91.4 Å². The highest BCUT2D eigenvalue weighted by molar-refractivity contribution is 8.01. The first-order chi connectivity index (χ1) is 16.4. The lowest BCUT2D eigenvalue weighted by atomic mass is 9.88. The number of Topliss-reactive ketones (excluding diaryl/α,β-unsaturated/α-hetero) is 1. The Kier molecular flexibility index (Phi) is 6.07. The van der Waals surface area contributed by atoms with Crippen LogP contribution >= 0.6 is 23.1 Å². The lowest BCUT2D eigenvalue weighted by Gasteiger charge is -2.43. The van der Waals surface area contributed by atoms with Crippen LogP contribution in [0.2, 0.25) is 0 Å². The molecule has 3 amide bonds. The van der Waals surface area contributed by atoms with E-state index in [1.165, 1.54) is 11.3 Å². The molecule has 1 fully saturated rings. The van der Waals surface area contributed by atoms with Crippen molar-refractivity contribution in [2.45, 2.75) is 42.8 Å². The molecule has 2 N–H and O–H groups in total. The number of hydrogen-bond acceptors (Lipinski definition) is 6. The Labute approximate surface area is 206 Å². The maximum atomic E-state index is 13.7. The molecule has 7 nitrogen and oxygen atoms in total. The zero-order valence-electron chi connectivity index (χ0n) is 19.1. The molecule has 0 aliphatic carbocycles. The molecule has 2 aliphatic heterocycles. The average molecular weight is 495 g/mol. The summed E-state index contributed by atoms with van der Waals surface area (Å²) in [5.41, 5.74) is 2.16. The second kappa shape index (κ2) is 9.03. The van der Waals surface area contributed by atoms with Crippen LogP contribution in [0, 0.1) is 6.92 Å². The van der Waals surface area contributed by atoms with E-state index >= 15 is 0 Å². The first-order valence-electron chi connectivity index (χ1n) is 11.4. The zero-order valence-corrected chi connectivity index (χ0v) is 20.8. The van der Waals surface area contributed by atoms with Gasteiger partial charge in [-0.3, -0.25) is 14.9 Å². The Morgan fingerprint density at radius 1 is 1.15 bits per heavy atom. The highest BCUT2D eigenvalue weighted by Crippen LogP contribution is 2.49. The third kappa shape index (κ3) is 4.18. The molecule has 0 atom stereocenters. The lowest BCUT2D eigenvalue weighted by Crippen LogP contribution is -2.47. The van der Waals surface area contributed by atoms with Gasteiger partial charge in [0.2, 0.25) is 0 Å². The van der Waals surface area contributed by atoms with Crippen molar-refractivity contribution in [2.75, 3.05) is 25.0 Å². The molecule has 176 valence electrons. The molecule has 2 aliphatic rings. The maximum absolute atomic E-state index is 13.7. The van der Waals surface area contributed by atoms with Crippen LogP contribution < -0.4 is 10.6 Å². The van der Waals surface area contributed by atoms with Crippen molar-refractivity contribution in [3.63, 3.8) is 0 Å². The Morgan fingerprint density at radius 2 is 1.91 bits per heavy atom. The average Bonchev–Trinajstić information content (AvgIpc) is 3.15. The van der Waals surface area contributed by atoms with Crippen molar-refractivity contribution >= 4 is 56.0 Å². The van der Waals surface area contributed by atoms with Crippen LogP contribution in [-0.4, -0.2) is 52.0 Å². The zero-order chi connectivity index (χ0) is 23.9. The Morgan fingerprint density at radius 3 is 2.68 bits per heavy atom. The second-order valence-electron chi connectivity index (χ2n) is 8.77. The van der Waals surface area contributed by atoms with Crippen LogP contribution in [0.25, 0.3) is 10.2 Å². The van der Waals surface area contributed by atoms with Crippen LogP contribution in [0.5, 0.6) is 0 Å². The van der Waals surface area contributed by atoms with E-state index in [4.69, 9.17) is 0 Å². The van der Waals surface area contributed by atoms with Crippen LogP contribution in [-0.2, 0) is 0 Å². The summed E-state index contributed by atoms with van der Waals surface area (Å²) < 4.78 is -0.167. The third-order valence-electron chi connectivity index (χ3n) is 6.43. The number of benzene rings is 1. The molecule has 9 heteroatoms. The van der Waals surface area contributed by atoms with Gasteiger partial charge in [0.1, 0.15) is 9.83 Å².